The molecule has 1 aromatic carbocycles. The van der Waals surface area contributed by atoms with Crippen molar-refractivity contribution in [1.82, 2.24) is 0 Å². The van der Waals surface area contributed by atoms with Crippen molar-refractivity contribution >= 4 is 24.0 Å². The van der Waals surface area contributed by atoms with Gasteiger partial charge in [-0.05, 0) is 30.2 Å². The molecule has 1 rings (SSSR count). The average molecular weight is 213 g/mol. The molecule has 0 aliphatic carbocycles. The van der Waals surface area contributed by atoms with Gasteiger partial charge in [-0.2, -0.15) is 0 Å². The molecule has 0 amide bonds. The summed E-state index contributed by atoms with van der Waals surface area (Å²) in [5.41, 5.74) is 0.949. The lowest BCUT2D eigenvalue weighted by molar-refractivity contribution is -0.104. The molecule has 0 bridgehead atoms. The molecule has 0 unspecified atom stereocenters. The molecule has 0 saturated heterocycles. The van der Waals surface area contributed by atoms with Gasteiger partial charge in [0.1, 0.15) is 12.1 Å². The molecule has 0 spiro atoms. The minimum absolute atomic E-state index is 0.351. The molecule has 74 valence electrons. The van der Waals surface area contributed by atoms with E-state index in [-0.39, 0.29) is 0 Å². The summed E-state index contributed by atoms with van der Waals surface area (Å²) in [5.74, 6) is -0.412. The van der Waals surface area contributed by atoms with Gasteiger partial charge < -0.3 is 0 Å². The lowest BCUT2D eigenvalue weighted by Crippen LogP contribution is -1.86. The van der Waals surface area contributed by atoms with E-state index in [9.17, 15) is 9.18 Å². The molecule has 0 radical (unpaired) electrons. The van der Waals surface area contributed by atoms with Crippen LogP contribution >= 0.6 is 11.6 Å². The fourth-order valence-corrected chi connectivity index (χ4v) is 1.20. The molecule has 0 aliphatic rings. The van der Waals surface area contributed by atoms with E-state index < -0.39 is 5.82 Å². The van der Waals surface area contributed by atoms with E-state index in [0.717, 1.165) is 6.29 Å². The Morgan fingerprint density at radius 3 is 2.79 bits per heavy atom. The number of halogens is 2. The molecule has 0 heterocycles. The van der Waals surface area contributed by atoms with Crippen molar-refractivity contribution in [3.8, 4) is 0 Å². The molecule has 0 fully saturated rings. The third kappa shape index (κ3) is 2.67. The summed E-state index contributed by atoms with van der Waals surface area (Å²) in [6.45, 7) is 1.84. The Balaban J connectivity index is 3.08. The highest BCUT2D eigenvalue weighted by Gasteiger charge is 2.01. The SMILES string of the molecule is CC/C(C=O)=C/c1ccc(Cl)cc1F. The number of carbonyl (C=O) groups is 1. The smallest absolute Gasteiger partial charge is 0.146 e. The predicted molar refractivity (Wildman–Crippen MR) is 55.7 cm³/mol. The third-order valence-electron chi connectivity index (χ3n) is 1.86. The Morgan fingerprint density at radius 1 is 1.57 bits per heavy atom. The standard InChI is InChI=1S/C11H10ClFO/c1-2-8(7-14)5-9-3-4-10(12)6-11(9)13/h3-7H,2H2,1H3/b8-5-. The number of aldehydes is 1. The Morgan fingerprint density at radius 2 is 2.29 bits per heavy atom. The summed E-state index contributed by atoms with van der Waals surface area (Å²) in [6, 6.07) is 4.37. The monoisotopic (exact) mass is 212 g/mol. The highest BCUT2D eigenvalue weighted by atomic mass is 35.5. The van der Waals surface area contributed by atoms with E-state index in [1.54, 1.807) is 12.1 Å². The van der Waals surface area contributed by atoms with Gasteiger partial charge in [0.15, 0.2) is 0 Å². The van der Waals surface area contributed by atoms with E-state index >= 15 is 0 Å². The molecule has 0 atom stereocenters. The van der Waals surface area contributed by atoms with Crippen molar-refractivity contribution in [2.24, 2.45) is 0 Å². The van der Waals surface area contributed by atoms with Gasteiger partial charge in [-0.15, -0.1) is 0 Å². The molecule has 14 heavy (non-hydrogen) atoms. The normalized spacial score (nSPS) is 11.5. The average Bonchev–Trinajstić information content (AvgIpc) is 2.17. The van der Waals surface area contributed by atoms with Crippen molar-refractivity contribution < 1.29 is 9.18 Å². The second-order valence-corrected chi connectivity index (χ2v) is 3.29. The molecule has 0 aliphatic heterocycles. The molecule has 0 N–H and O–H groups in total. The highest BCUT2D eigenvalue weighted by Crippen LogP contribution is 2.17. The first-order valence-corrected chi connectivity index (χ1v) is 4.66. The minimum Gasteiger partial charge on any atom is -0.298 e. The summed E-state index contributed by atoms with van der Waals surface area (Å²) >= 11 is 5.59. The largest absolute Gasteiger partial charge is 0.298 e. The fourth-order valence-electron chi connectivity index (χ4n) is 1.04. The van der Waals surface area contributed by atoms with Crippen LogP contribution in [0.3, 0.4) is 0 Å². The van der Waals surface area contributed by atoms with Gasteiger partial charge >= 0.3 is 0 Å². The second-order valence-electron chi connectivity index (χ2n) is 2.86. The van der Waals surface area contributed by atoms with Crippen LogP contribution in [0.5, 0.6) is 0 Å². The topological polar surface area (TPSA) is 17.1 Å². The highest BCUT2D eigenvalue weighted by molar-refractivity contribution is 6.30. The van der Waals surface area contributed by atoms with Crippen molar-refractivity contribution in [2.75, 3.05) is 0 Å². The van der Waals surface area contributed by atoms with Crippen LogP contribution in [0.25, 0.3) is 6.08 Å². The number of carbonyl (C=O) groups excluding carboxylic acids is 1. The van der Waals surface area contributed by atoms with Crippen LogP contribution in [0.2, 0.25) is 5.02 Å². The van der Waals surface area contributed by atoms with E-state index in [4.69, 9.17) is 11.6 Å². The number of hydrogen-bond donors (Lipinski definition) is 0. The van der Waals surface area contributed by atoms with Crippen LogP contribution in [0.4, 0.5) is 4.39 Å². The van der Waals surface area contributed by atoms with Gasteiger partial charge in [-0.3, -0.25) is 4.79 Å². The van der Waals surface area contributed by atoms with Crippen LogP contribution in [0, 0.1) is 5.82 Å². The number of allylic oxidation sites excluding steroid dienone is 1. The molecule has 0 saturated carbocycles. The lowest BCUT2D eigenvalue weighted by Gasteiger charge is -1.99. The maximum absolute atomic E-state index is 13.2. The van der Waals surface area contributed by atoms with Crippen LogP contribution < -0.4 is 0 Å². The van der Waals surface area contributed by atoms with Gasteiger partial charge in [-0.1, -0.05) is 24.6 Å². The lowest BCUT2D eigenvalue weighted by atomic mass is 10.1. The molecule has 1 aromatic rings. The fraction of sp³-hybridized carbons (Fsp3) is 0.182. The van der Waals surface area contributed by atoms with E-state index in [2.05, 4.69) is 0 Å². The van der Waals surface area contributed by atoms with Gasteiger partial charge in [0.05, 0.1) is 0 Å². The second kappa shape index (κ2) is 4.91. The Labute approximate surface area is 87.2 Å². The Kier molecular flexibility index (Phi) is 3.84. The van der Waals surface area contributed by atoms with Gasteiger partial charge in [0, 0.05) is 10.6 Å². The molecule has 3 heteroatoms. The first kappa shape index (κ1) is 10.9. The Hall–Kier alpha value is -1.15. The summed E-state index contributed by atoms with van der Waals surface area (Å²) in [5, 5.41) is 0.351. The summed E-state index contributed by atoms with van der Waals surface area (Å²) in [4.78, 5) is 10.5. The molecule has 0 aromatic heterocycles. The van der Waals surface area contributed by atoms with Crippen molar-refractivity contribution in [2.45, 2.75) is 13.3 Å². The third-order valence-corrected chi connectivity index (χ3v) is 2.10. The van der Waals surface area contributed by atoms with Crippen LogP contribution in [-0.4, -0.2) is 6.29 Å². The number of benzene rings is 1. The van der Waals surface area contributed by atoms with E-state index in [1.807, 2.05) is 6.92 Å². The molecular weight excluding hydrogens is 203 g/mol. The Bertz CT molecular complexity index is 372. The summed E-state index contributed by atoms with van der Waals surface area (Å²) in [7, 11) is 0. The predicted octanol–water partition coefficient (Wildman–Crippen LogP) is 3.47. The zero-order valence-corrected chi connectivity index (χ0v) is 8.51. The van der Waals surface area contributed by atoms with Crippen LogP contribution in [0.15, 0.2) is 23.8 Å². The van der Waals surface area contributed by atoms with Crippen LogP contribution in [-0.2, 0) is 4.79 Å². The minimum atomic E-state index is -0.412. The van der Waals surface area contributed by atoms with Gasteiger partial charge in [-0.25, -0.2) is 4.39 Å². The van der Waals surface area contributed by atoms with Crippen molar-refractivity contribution in [3.63, 3.8) is 0 Å². The quantitative estimate of drug-likeness (QED) is 0.554. The number of rotatable bonds is 3. The first-order valence-electron chi connectivity index (χ1n) is 4.28. The van der Waals surface area contributed by atoms with Crippen LogP contribution in [0.1, 0.15) is 18.9 Å². The summed E-state index contributed by atoms with van der Waals surface area (Å²) in [6.07, 6.45) is 2.85. The maximum atomic E-state index is 13.2. The zero-order chi connectivity index (χ0) is 10.6. The van der Waals surface area contributed by atoms with Gasteiger partial charge in [0.2, 0.25) is 0 Å². The van der Waals surface area contributed by atoms with E-state index in [1.165, 1.54) is 12.1 Å². The van der Waals surface area contributed by atoms with Gasteiger partial charge in [0.25, 0.3) is 0 Å². The first-order chi connectivity index (χ1) is 6.67. The van der Waals surface area contributed by atoms with Crippen molar-refractivity contribution in [1.29, 1.82) is 0 Å². The summed E-state index contributed by atoms with van der Waals surface area (Å²) < 4.78 is 13.2. The van der Waals surface area contributed by atoms with Crippen molar-refractivity contribution in [3.05, 3.63) is 40.2 Å². The maximum Gasteiger partial charge on any atom is 0.146 e. The molecule has 1 nitrogen and oxygen atoms in total. The van der Waals surface area contributed by atoms with E-state index in [0.29, 0.717) is 22.6 Å². The molecular formula is C11H10ClFO. The zero-order valence-electron chi connectivity index (χ0n) is 7.76. The number of hydrogen-bond acceptors (Lipinski definition) is 1.